The van der Waals surface area contributed by atoms with Crippen LogP contribution in [0.1, 0.15) is 141 Å². The summed E-state index contributed by atoms with van der Waals surface area (Å²) in [6, 6.07) is -7.80. The molecule has 0 spiro atoms. The van der Waals surface area contributed by atoms with E-state index in [1.807, 2.05) is 0 Å². The predicted molar refractivity (Wildman–Crippen MR) is 452 cm³/mol. The highest BCUT2D eigenvalue weighted by molar-refractivity contribution is 6.01. The minimum atomic E-state index is -2.06. The molecule has 0 bridgehead atoms. The van der Waals surface area contributed by atoms with Gasteiger partial charge in [0.25, 0.3) is 0 Å². The fourth-order valence-corrected chi connectivity index (χ4v) is 14.2. The Balaban J connectivity index is 1.16. The van der Waals surface area contributed by atoms with Gasteiger partial charge in [-0.05, 0) is 119 Å². The lowest BCUT2D eigenvalue weighted by Gasteiger charge is -2.31. The molecule has 696 valence electrons. The van der Waals surface area contributed by atoms with Crippen LogP contribution in [0.15, 0.2) is 79.6 Å². The summed E-state index contributed by atoms with van der Waals surface area (Å²) >= 11 is 0. The lowest BCUT2D eigenvalue weighted by atomic mass is 10.00. The highest BCUT2D eigenvalue weighted by Gasteiger charge is 2.44. The monoisotopic (exact) mass is 1780 g/mol. The number of hydrogen-bond acceptors (Lipinski definition) is 25. The zero-order valence-electron chi connectivity index (χ0n) is 71.4. The molecule has 4 aromatic rings. The van der Waals surface area contributed by atoms with E-state index in [9.17, 15) is 107 Å². The number of carboxylic acids is 2. The molecule has 0 radical (unpaired) electrons. The molecular weight excluding hydrogens is 1660 g/mol. The summed E-state index contributed by atoms with van der Waals surface area (Å²) in [4.78, 5) is 252. The number of nitrogens with one attached hydrogen (secondary N) is 16. The van der Waals surface area contributed by atoms with E-state index in [2.05, 4.69) is 89.1 Å². The lowest BCUT2D eigenvalue weighted by molar-refractivity contribution is -0.149. The number of rotatable bonds is 53. The number of imidazole rings is 2. The number of amides is 15. The van der Waals surface area contributed by atoms with Crippen molar-refractivity contribution in [3.63, 3.8) is 0 Å². The number of unbranched alkanes of at least 4 members (excludes halogenated alkanes) is 1. The number of carboxylic acid groups (broad SMARTS) is 2. The molecule has 2 aromatic carbocycles. The minimum absolute atomic E-state index is 0.0132. The Kier molecular flexibility index (Phi) is 41.4. The highest BCUT2D eigenvalue weighted by Crippen LogP contribution is 2.24. The molecule has 46 heteroatoms. The summed E-state index contributed by atoms with van der Waals surface area (Å²) in [5.41, 5.74) is 24.3. The molecule has 2 aliphatic rings. The number of carbonyl (C=O) groups is 17. The number of phenolic OH excluding ortho intramolecular Hbond substituents is 1. The minimum Gasteiger partial charge on any atom is -0.508 e. The number of aliphatic hydroxyl groups excluding tert-OH is 2. The van der Waals surface area contributed by atoms with E-state index in [0.717, 1.165) is 11.8 Å². The lowest BCUT2D eigenvalue weighted by Crippen LogP contribution is -2.62. The molecule has 15 atom stereocenters. The summed E-state index contributed by atoms with van der Waals surface area (Å²) in [5.74, 6) is -18.8. The number of hydrogen-bond donors (Lipinski definition) is 25. The average molecular weight is 1780 g/mol. The molecule has 6 rings (SSSR count). The van der Waals surface area contributed by atoms with Crippen LogP contribution in [0.2, 0.25) is 0 Å². The Morgan fingerprint density at radius 1 is 0.504 bits per heavy atom. The number of guanidine groups is 1. The maximum absolute atomic E-state index is 15.0. The Bertz CT molecular complexity index is 4410. The van der Waals surface area contributed by atoms with Gasteiger partial charge in [0.15, 0.2) is 5.96 Å². The second-order valence-corrected chi connectivity index (χ2v) is 32.0. The van der Waals surface area contributed by atoms with Crippen LogP contribution >= 0.6 is 0 Å². The number of nitrogens with two attached hydrogens (primary N) is 4. The third-order valence-corrected chi connectivity index (χ3v) is 20.7. The number of aliphatic hydroxyl groups is 2. The summed E-state index contributed by atoms with van der Waals surface area (Å²) < 4.78 is 0. The molecule has 0 saturated carbocycles. The van der Waals surface area contributed by atoms with Crippen molar-refractivity contribution in [3.8, 4) is 5.75 Å². The number of primary amides is 1. The number of aromatic amines is 2. The van der Waals surface area contributed by atoms with Gasteiger partial charge in [-0.25, -0.2) is 14.8 Å². The van der Waals surface area contributed by atoms with Gasteiger partial charge in [0.05, 0.1) is 50.8 Å². The van der Waals surface area contributed by atoms with E-state index in [4.69, 9.17) is 28.3 Å². The number of nitrogens with zero attached hydrogens (tertiary/aromatic N) is 4. The van der Waals surface area contributed by atoms with Gasteiger partial charge in [-0.1, -0.05) is 70.2 Å². The van der Waals surface area contributed by atoms with Crippen LogP contribution in [0.25, 0.3) is 0 Å². The van der Waals surface area contributed by atoms with Gasteiger partial charge in [0.2, 0.25) is 88.6 Å². The van der Waals surface area contributed by atoms with Crippen molar-refractivity contribution in [2.24, 2.45) is 34.8 Å². The van der Waals surface area contributed by atoms with Crippen LogP contribution in [0, 0.1) is 17.2 Å². The van der Waals surface area contributed by atoms with Crippen LogP contribution in [0.4, 0.5) is 0 Å². The number of H-pyrrole nitrogens is 2. The van der Waals surface area contributed by atoms with Crippen molar-refractivity contribution in [2.75, 3.05) is 39.3 Å². The molecular formula is C81H120N24O22. The third-order valence-electron chi connectivity index (χ3n) is 20.7. The number of aromatic nitrogens is 4. The van der Waals surface area contributed by atoms with Gasteiger partial charge in [-0.2, -0.15) is 0 Å². The first kappa shape index (κ1) is 103. The molecule has 46 nitrogen and oxygen atoms in total. The Morgan fingerprint density at radius 2 is 0.969 bits per heavy atom. The van der Waals surface area contributed by atoms with Gasteiger partial charge in [-0.3, -0.25) is 82.1 Å². The van der Waals surface area contributed by atoms with E-state index >= 15 is 0 Å². The molecule has 4 heterocycles. The molecule has 2 saturated heterocycles. The number of carbonyl (C=O) groups excluding carboxylic acids is 15. The number of aliphatic carboxylic acids is 2. The molecule has 2 aromatic heterocycles. The second-order valence-electron chi connectivity index (χ2n) is 32.0. The number of phenols is 1. The predicted octanol–water partition coefficient (Wildman–Crippen LogP) is -6.84. The van der Waals surface area contributed by atoms with Crippen molar-refractivity contribution in [1.29, 1.82) is 5.41 Å². The smallest absolute Gasteiger partial charge is 0.326 e. The number of likely N-dealkylation sites (tertiary alicyclic amines) is 2. The van der Waals surface area contributed by atoms with E-state index in [1.54, 1.807) is 58.0 Å². The van der Waals surface area contributed by atoms with Gasteiger partial charge in [-0.15, -0.1) is 0 Å². The Morgan fingerprint density at radius 3 is 1.50 bits per heavy atom. The maximum atomic E-state index is 15.0. The van der Waals surface area contributed by atoms with Crippen molar-refractivity contribution in [3.05, 3.63) is 102 Å². The first-order chi connectivity index (χ1) is 60.2. The summed E-state index contributed by atoms with van der Waals surface area (Å²) in [6.07, 6.45) is 1.82. The fraction of sp³-hybridized carbons (Fsp3) is 0.556. The first-order valence-electron chi connectivity index (χ1n) is 41.8. The largest absolute Gasteiger partial charge is 0.508 e. The highest BCUT2D eigenvalue weighted by atomic mass is 16.4. The topological polar surface area (TPSA) is 740 Å². The van der Waals surface area contributed by atoms with Gasteiger partial charge in [0, 0.05) is 69.1 Å². The Labute approximate surface area is 731 Å². The normalized spacial score (nSPS) is 16.7. The zero-order valence-corrected chi connectivity index (χ0v) is 71.4. The van der Waals surface area contributed by atoms with Crippen LogP contribution in [-0.4, -0.2) is 292 Å². The summed E-state index contributed by atoms with van der Waals surface area (Å²) in [6.45, 7) is 6.23. The van der Waals surface area contributed by atoms with Gasteiger partial charge < -0.3 is 137 Å². The maximum Gasteiger partial charge on any atom is 0.326 e. The van der Waals surface area contributed by atoms with Crippen LogP contribution < -0.4 is 92.1 Å². The standard InChI is InChI=1S/C81H120N24O22/c1-42(2)28-53(68(114)90-38-64(110)93-56(32-47-36-87-40-91-47)72(118)95-52(17-11-25-89-81(85)86)78(124)105-27-13-19-62(105)80(126)127)97-75(121)60(39-106)102-77(123)66(44(5)107)103-74(120)58(35-63(84)109)99-69(115)51(16-9-10-24-82)94-70(116)55(31-46-20-22-49(108)23-21-46)98-73(119)57(33-48-37-88-41-92-48)100-76(122)61-18-12-26-104(61)79(125)59(29-43(3)4)101-71(117)54(30-45-14-7-6-8-15-45)96-67(113)50(83)34-65(111)112/h6-8,14-15,20-23,36-37,40-44,50-62,66,106-108H,9-13,16-19,24-35,38-39,82-83H2,1-5H3,(H2,84,109)(H,87,91)(H,88,92)(H,90,114)(H,93,110)(H,94,116)(H,95,118)(H,96,113)(H,97,121)(H,98,119)(H,99,115)(H,100,122)(H,101,117)(H,102,123)(H,103,120)(H,111,112)(H,126,127)(H4,85,86,89)/t44-,50+,51+,52+,53+,54+,55+,56+,57+,58+,59+,60+,61+,62+,66+/m1/s1. The second kappa shape index (κ2) is 51.3. The summed E-state index contributed by atoms with van der Waals surface area (Å²) in [7, 11) is 0. The van der Waals surface area contributed by atoms with Crippen molar-refractivity contribution in [1.82, 2.24) is 98.9 Å². The van der Waals surface area contributed by atoms with Crippen LogP contribution in [0.3, 0.4) is 0 Å². The van der Waals surface area contributed by atoms with E-state index in [0.29, 0.717) is 28.9 Å². The first-order valence-corrected chi connectivity index (χ1v) is 41.8. The van der Waals surface area contributed by atoms with Crippen molar-refractivity contribution >= 4 is 107 Å². The zero-order chi connectivity index (χ0) is 93.7. The SMILES string of the molecule is CC(C)C[C@H](NC(=O)[C@H](CO)NC(=O)[C@@H](NC(=O)[C@H](CC(N)=O)NC(=O)[C@H](CCCCN)NC(=O)[C@H](Cc1ccc(O)cc1)NC(=O)[C@H](Cc1cnc[nH]1)NC(=O)[C@@H]1CCCN1C(=O)[C@H](CC(C)C)NC(=O)[C@H](Cc1ccccc1)NC(=O)[C@@H](N)CC(=O)O)[C@@H](C)O)C(=O)NCC(=O)N[C@@H](Cc1cnc[nH]1)C(=O)N[C@@H](CCCNC(=N)N)C(=O)N1CCC[C@H]1C(=O)O. The van der Waals surface area contributed by atoms with Crippen molar-refractivity contribution < 1.29 is 107 Å². The number of benzene rings is 2. The van der Waals surface area contributed by atoms with Gasteiger partial charge >= 0.3 is 11.9 Å². The average Bonchev–Trinajstić information content (AvgIpc) is 1.38. The van der Waals surface area contributed by atoms with E-state index in [-0.39, 0.29) is 140 Å². The number of aromatic hydroxyl groups is 1. The molecule has 0 aliphatic carbocycles. The Hall–Kier alpha value is -13.2. The molecule has 127 heavy (non-hydrogen) atoms. The van der Waals surface area contributed by atoms with Crippen molar-refractivity contribution in [2.45, 2.75) is 234 Å². The third kappa shape index (κ3) is 34.0. The summed E-state index contributed by atoms with van der Waals surface area (Å²) in [5, 5.41) is 91.0. The van der Waals surface area contributed by atoms with E-state index < -0.39 is 217 Å². The fourth-order valence-electron chi connectivity index (χ4n) is 14.2. The van der Waals surface area contributed by atoms with Crippen LogP contribution in [-0.2, 0) is 107 Å². The quantitative estimate of drug-likeness (QED) is 0.0111. The molecule has 2 fully saturated rings. The van der Waals surface area contributed by atoms with Crippen LogP contribution in [0.5, 0.6) is 5.75 Å². The van der Waals surface area contributed by atoms with E-state index in [1.165, 1.54) is 54.2 Å². The molecule has 15 amide bonds. The molecule has 0 unspecified atom stereocenters. The molecule has 29 N–H and O–H groups in total. The van der Waals surface area contributed by atoms with Gasteiger partial charge in [0.1, 0.15) is 84.3 Å². The molecule has 2 aliphatic heterocycles.